The number of fused-ring (bicyclic) bond motifs is 4. The van der Waals surface area contributed by atoms with Crippen molar-refractivity contribution in [3.05, 3.63) is 148 Å². The first-order chi connectivity index (χ1) is 29.2. The number of carbonyl (C=O) groups is 2. The number of nitrogens with zero attached hydrogens (tertiary/aromatic N) is 2. The van der Waals surface area contributed by atoms with Gasteiger partial charge < -0.3 is 28.8 Å². The summed E-state index contributed by atoms with van der Waals surface area (Å²) in [6, 6.07) is 19.8. The highest BCUT2D eigenvalue weighted by molar-refractivity contribution is 6.74. The zero-order valence-corrected chi connectivity index (χ0v) is 36.8. The molecular weight excluding hydrogens is 790 g/mol. The van der Waals surface area contributed by atoms with Crippen LogP contribution in [0.5, 0.6) is 11.6 Å². The highest BCUT2D eigenvalue weighted by atomic mass is 28.4. The van der Waals surface area contributed by atoms with Crippen LogP contribution in [0.25, 0.3) is 0 Å². The Bertz CT molecular complexity index is 2360. The van der Waals surface area contributed by atoms with E-state index in [2.05, 4.69) is 49.3 Å². The molecule has 2 N–H and O–H groups in total. The largest absolute Gasteiger partial charge is 0.508 e. The van der Waals surface area contributed by atoms with E-state index in [0.29, 0.717) is 18.7 Å². The Morgan fingerprint density at radius 3 is 2.23 bits per heavy atom. The molecule has 4 aromatic rings. The topological polar surface area (TPSA) is 123 Å². The van der Waals surface area contributed by atoms with Crippen molar-refractivity contribution >= 4 is 19.9 Å². The second-order valence-corrected chi connectivity index (χ2v) is 23.0. The maximum atomic E-state index is 17.1. The van der Waals surface area contributed by atoms with Gasteiger partial charge in [0.05, 0.1) is 11.6 Å². The van der Waals surface area contributed by atoms with Gasteiger partial charge in [0, 0.05) is 41.7 Å². The van der Waals surface area contributed by atoms with Crippen LogP contribution in [0.2, 0.25) is 18.1 Å². The van der Waals surface area contributed by atoms with E-state index in [-0.39, 0.29) is 71.8 Å². The Hall–Kier alpha value is -5.14. The van der Waals surface area contributed by atoms with Crippen LogP contribution >= 0.6 is 0 Å². The first-order valence-corrected chi connectivity index (χ1v) is 24.2. The number of aliphatic hydroxyl groups is 1. The van der Waals surface area contributed by atoms with Gasteiger partial charge in [0.1, 0.15) is 36.1 Å². The van der Waals surface area contributed by atoms with E-state index in [4.69, 9.17) is 18.4 Å². The minimum Gasteiger partial charge on any atom is -0.508 e. The highest BCUT2D eigenvalue weighted by Gasteiger charge is 2.67. The molecule has 0 spiro atoms. The predicted molar refractivity (Wildman–Crippen MR) is 234 cm³/mol. The standard InChI is InChI=1S/C49H56FN3O7Si/c1-8-23-53(24-9-2)42-35-26-32-25-34-39(37(57-28-30-17-12-10-13-18-30)27-33(41(34)50)36-21-16-22-51-36)43(54)38(32)45(55)49(35,60-61(6,7)48(3,4)5)46(56)40-44(42)59-52-47(40)58-29-31-19-14-11-15-20-31/h8-15,17-20,27,32,35-36,42,51,55H,1-2,16,21-26,28-29H2,3-7H3/t32-,35-,36?,42-,49?/m0/s1. The molecule has 12 heteroatoms. The lowest BCUT2D eigenvalue weighted by molar-refractivity contribution is -0.0525. The molecule has 5 atom stereocenters. The lowest BCUT2D eigenvalue weighted by Crippen LogP contribution is -2.65. The molecule has 3 aliphatic carbocycles. The fraction of sp³-hybridized carbons (Fsp3) is 0.408. The Morgan fingerprint density at radius 2 is 1.64 bits per heavy atom. The Labute approximate surface area is 358 Å². The molecule has 8 rings (SSSR count). The van der Waals surface area contributed by atoms with Gasteiger partial charge in [-0.1, -0.05) is 93.6 Å². The molecule has 1 fully saturated rings. The molecular formula is C49H56FN3O7Si. The molecule has 1 saturated heterocycles. The predicted octanol–water partition coefficient (Wildman–Crippen LogP) is 9.96. The first-order valence-electron chi connectivity index (χ1n) is 21.3. The number of aromatic nitrogens is 1. The van der Waals surface area contributed by atoms with Crippen molar-refractivity contribution in [3.8, 4) is 11.6 Å². The van der Waals surface area contributed by atoms with E-state index >= 15 is 14.0 Å². The number of hydrogen-bond acceptors (Lipinski definition) is 10. The summed E-state index contributed by atoms with van der Waals surface area (Å²) in [6.07, 6.45) is 5.44. The summed E-state index contributed by atoms with van der Waals surface area (Å²) in [4.78, 5) is 33.3. The highest BCUT2D eigenvalue weighted by Crippen LogP contribution is 2.60. The van der Waals surface area contributed by atoms with Crippen LogP contribution in [0.4, 0.5) is 4.39 Å². The van der Waals surface area contributed by atoms with Gasteiger partial charge in [0.2, 0.25) is 5.78 Å². The third kappa shape index (κ3) is 7.41. The van der Waals surface area contributed by atoms with Crippen molar-refractivity contribution in [2.75, 3.05) is 19.6 Å². The van der Waals surface area contributed by atoms with Gasteiger partial charge in [-0.05, 0) is 78.6 Å². The van der Waals surface area contributed by atoms with Crippen LogP contribution in [0.15, 0.2) is 108 Å². The monoisotopic (exact) mass is 845 g/mol. The molecule has 10 nitrogen and oxygen atoms in total. The number of halogens is 1. The quantitative estimate of drug-likeness (QED) is 0.0937. The zero-order chi connectivity index (χ0) is 43.3. The van der Waals surface area contributed by atoms with E-state index in [1.54, 1.807) is 18.2 Å². The maximum Gasteiger partial charge on any atom is 0.265 e. The van der Waals surface area contributed by atoms with Crippen molar-refractivity contribution in [2.45, 2.75) is 95.5 Å². The number of ketones is 2. The Morgan fingerprint density at radius 1 is 1.00 bits per heavy atom. The van der Waals surface area contributed by atoms with Crippen molar-refractivity contribution in [3.63, 3.8) is 0 Å². The number of rotatable bonds is 14. The number of carbonyl (C=O) groups excluding carboxylic acids is 2. The molecule has 0 saturated carbocycles. The van der Waals surface area contributed by atoms with Crippen molar-refractivity contribution in [2.24, 2.45) is 11.8 Å². The van der Waals surface area contributed by atoms with Crippen LogP contribution < -0.4 is 14.8 Å². The van der Waals surface area contributed by atoms with E-state index in [1.165, 1.54) is 0 Å². The van der Waals surface area contributed by atoms with Gasteiger partial charge >= 0.3 is 0 Å². The van der Waals surface area contributed by atoms with Gasteiger partial charge in [-0.2, -0.15) is 0 Å². The van der Waals surface area contributed by atoms with Crippen molar-refractivity contribution in [1.82, 2.24) is 15.4 Å². The lowest BCUT2D eigenvalue weighted by Gasteiger charge is -2.55. The Kier molecular flexibility index (Phi) is 11.6. The zero-order valence-electron chi connectivity index (χ0n) is 35.8. The van der Waals surface area contributed by atoms with Gasteiger partial charge in [0.25, 0.3) is 5.88 Å². The molecule has 2 unspecified atom stereocenters. The average molecular weight is 846 g/mol. The third-order valence-corrected chi connectivity index (χ3v) is 17.9. The lowest BCUT2D eigenvalue weighted by atomic mass is 9.58. The molecule has 0 radical (unpaired) electrons. The molecule has 2 heterocycles. The summed E-state index contributed by atoms with van der Waals surface area (Å²) in [6.45, 7) is 20.0. The smallest absolute Gasteiger partial charge is 0.265 e. The maximum absolute atomic E-state index is 17.1. The first kappa shape index (κ1) is 42.5. The van der Waals surface area contributed by atoms with Gasteiger partial charge in [-0.15, -0.1) is 13.2 Å². The summed E-state index contributed by atoms with van der Waals surface area (Å²) in [7, 11) is -3.00. The van der Waals surface area contributed by atoms with Gasteiger partial charge in [-0.25, -0.2) is 4.39 Å². The second kappa shape index (κ2) is 16.6. The summed E-state index contributed by atoms with van der Waals surface area (Å²) >= 11 is 0. The van der Waals surface area contributed by atoms with E-state index in [1.807, 2.05) is 73.8 Å². The van der Waals surface area contributed by atoms with Crippen molar-refractivity contribution in [1.29, 1.82) is 0 Å². The van der Waals surface area contributed by atoms with Crippen LogP contribution in [-0.2, 0) is 24.1 Å². The van der Waals surface area contributed by atoms with Crippen LogP contribution in [0.3, 0.4) is 0 Å². The number of ether oxygens (including phenoxy) is 2. The third-order valence-electron chi connectivity index (χ3n) is 13.5. The van der Waals surface area contributed by atoms with E-state index < -0.39 is 60.0 Å². The number of aliphatic hydroxyl groups excluding tert-OH is 1. The summed E-state index contributed by atoms with van der Waals surface area (Å²) in [5, 5.41) is 20.5. The van der Waals surface area contributed by atoms with E-state index in [0.717, 1.165) is 30.5 Å². The molecule has 0 amide bonds. The number of Topliss-reactive ketones (excluding diaryl/α,β-unsaturated/α-hetero) is 2. The summed E-state index contributed by atoms with van der Waals surface area (Å²) < 4.78 is 43.4. The second-order valence-electron chi connectivity index (χ2n) is 18.3. The number of hydrogen-bond donors (Lipinski definition) is 2. The number of allylic oxidation sites excluding steroid dienone is 1. The van der Waals surface area contributed by atoms with Crippen LogP contribution in [-0.4, -0.2) is 60.3 Å². The minimum absolute atomic E-state index is 0.0328. The number of nitrogens with one attached hydrogen (secondary N) is 1. The molecule has 1 aromatic heterocycles. The van der Waals surface area contributed by atoms with Gasteiger partial charge in [0.15, 0.2) is 25.5 Å². The number of benzene rings is 3. The van der Waals surface area contributed by atoms with Crippen molar-refractivity contribution < 1.29 is 37.5 Å². The van der Waals surface area contributed by atoms with E-state index in [9.17, 15) is 5.11 Å². The molecule has 320 valence electrons. The van der Waals surface area contributed by atoms with Crippen LogP contribution in [0, 0.1) is 17.7 Å². The SMILES string of the molecule is C=CCN(CC=C)[C@@H]1c2onc(OCc3ccccc3)c2C(=O)C2(O[Si](C)(C)C(C)(C)C)C(O)=C3C(=O)c4c(OCc5ccccc5)cc(C5CCCN5)c(F)c4C[C@H]3C[C@@H]12. The fourth-order valence-corrected chi connectivity index (χ4v) is 11.0. The Balaban J connectivity index is 1.34. The average Bonchev–Trinajstić information content (AvgIpc) is 3.93. The molecule has 61 heavy (non-hydrogen) atoms. The molecule has 0 bridgehead atoms. The summed E-state index contributed by atoms with van der Waals surface area (Å²) in [5.74, 6) is -3.09. The molecule has 4 aliphatic rings. The minimum atomic E-state index is -3.00. The normalized spacial score (nSPS) is 23.6. The van der Waals surface area contributed by atoms with Gasteiger partial charge in [-0.3, -0.25) is 14.5 Å². The fourth-order valence-electron chi connectivity index (χ4n) is 9.52. The van der Waals surface area contributed by atoms with Crippen LogP contribution in [0.1, 0.15) is 101 Å². The molecule has 1 aliphatic heterocycles. The molecule has 3 aromatic carbocycles. The summed E-state index contributed by atoms with van der Waals surface area (Å²) in [5.41, 5.74) is 0.529.